The molecule has 8 aromatic rings. The minimum Gasteiger partial charge on any atom is -0.335 e. The highest BCUT2D eigenvalue weighted by Gasteiger charge is 2.25. The van der Waals surface area contributed by atoms with Crippen LogP contribution in [0.3, 0.4) is 0 Å². The minimum absolute atomic E-state index is 0.721. The van der Waals surface area contributed by atoms with E-state index >= 15 is 0 Å². The van der Waals surface area contributed by atoms with E-state index in [1.807, 2.05) is 13.0 Å². The fraction of sp³-hybridized carbons (Fsp3) is 0.0870. The fourth-order valence-electron chi connectivity index (χ4n) is 6.89. The number of para-hydroxylation sites is 2. The summed E-state index contributed by atoms with van der Waals surface area (Å²) in [5, 5.41) is 6.77. The Morgan fingerprint density at radius 3 is 1.67 bits per heavy atom. The molecule has 3 aromatic heterocycles. The molecule has 0 atom stereocenters. The van der Waals surface area contributed by atoms with E-state index in [0.29, 0.717) is 0 Å². The molecule has 0 fully saturated rings. The van der Waals surface area contributed by atoms with Gasteiger partial charge in [0.15, 0.2) is 0 Å². The molecule has 2 nitrogen and oxygen atoms in total. The topological polar surface area (TPSA) is 9.86 Å². The Bertz CT molecular complexity index is 2650. The number of thiophene rings is 1. The van der Waals surface area contributed by atoms with Gasteiger partial charge < -0.3 is 9.13 Å². The summed E-state index contributed by atoms with van der Waals surface area (Å²) in [7, 11) is 0. The lowest BCUT2D eigenvalue weighted by molar-refractivity contribution is 0.865. The fourth-order valence-corrected chi connectivity index (χ4v) is 7.46. The van der Waals surface area contributed by atoms with Crippen molar-refractivity contribution in [1.82, 2.24) is 9.13 Å². The smallest absolute Gasteiger partial charge is 0.0772 e. The van der Waals surface area contributed by atoms with Gasteiger partial charge in [0.05, 0.1) is 27.0 Å². The summed E-state index contributed by atoms with van der Waals surface area (Å²) in [5.74, 6) is 14.7. The summed E-state index contributed by atoms with van der Waals surface area (Å²) in [6.07, 6.45) is 6.18. The second-order valence-electron chi connectivity index (χ2n) is 12.2. The van der Waals surface area contributed by atoms with Crippen LogP contribution >= 0.6 is 11.3 Å². The van der Waals surface area contributed by atoms with Gasteiger partial charge in [-0.25, -0.2) is 0 Å². The second-order valence-corrected chi connectivity index (χ2v) is 13.2. The molecule has 0 saturated heterocycles. The average Bonchev–Trinajstić information content (AvgIpc) is 3.86. The van der Waals surface area contributed by atoms with Crippen molar-refractivity contribution in [3.63, 3.8) is 0 Å². The molecule has 0 amide bonds. The number of aromatic nitrogens is 2. The van der Waals surface area contributed by atoms with Crippen molar-refractivity contribution in [1.29, 1.82) is 0 Å². The van der Waals surface area contributed by atoms with Crippen molar-refractivity contribution in [2.45, 2.75) is 26.9 Å². The van der Waals surface area contributed by atoms with Gasteiger partial charge in [0.25, 0.3) is 0 Å². The maximum atomic E-state index is 3.77. The number of rotatable bonds is 5. The lowest BCUT2D eigenvalue weighted by Gasteiger charge is -2.13. The molecule has 3 heterocycles. The summed E-state index contributed by atoms with van der Waals surface area (Å²) in [6.45, 7) is 5.56. The van der Waals surface area contributed by atoms with Crippen LogP contribution in [0.2, 0.25) is 0 Å². The molecule has 0 spiro atoms. The zero-order chi connectivity index (χ0) is 33.2. The molecule has 0 aliphatic rings. The lowest BCUT2D eigenvalue weighted by Crippen LogP contribution is -2.03. The van der Waals surface area contributed by atoms with E-state index in [-0.39, 0.29) is 0 Å². The van der Waals surface area contributed by atoms with E-state index in [2.05, 4.69) is 179 Å². The van der Waals surface area contributed by atoms with E-state index in [9.17, 15) is 0 Å². The Balaban J connectivity index is 1.60. The molecule has 0 aliphatic heterocycles. The lowest BCUT2D eigenvalue weighted by atomic mass is 9.96. The Morgan fingerprint density at radius 1 is 0.612 bits per heavy atom. The first kappa shape index (κ1) is 30.3. The second kappa shape index (κ2) is 13.2. The van der Waals surface area contributed by atoms with Crippen LogP contribution in [0.1, 0.15) is 41.0 Å². The summed E-state index contributed by atoms with van der Waals surface area (Å²) < 4.78 is 4.93. The van der Waals surface area contributed by atoms with Gasteiger partial charge in [0.2, 0.25) is 0 Å². The van der Waals surface area contributed by atoms with Crippen LogP contribution in [-0.4, -0.2) is 9.13 Å². The third-order valence-corrected chi connectivity index (χ3v) is 9.82. The van der Waals surface area contributed by atoms with Gasteiger partial charge in [0.1, 0.15) is 0 Å². The van der Waals surface area contributed by atoms with E-state index < -0.39 is 0 Å². The zero-order valence-corrected chi connectivity index (χ0v) is 28.4. The first-order valence-corrected chi connectivity index (χ1v) is 17.5. The third-order valence-electron chi connectivity index (χ3n) is 9.04. The maximum Gasteiger partial charge on any atom is 0.0772 e. The van der Waals surface area contributed by atoms with Crippen LogP contribution < -0.4 is 0 Å². The van der Waals surface area contributed by atoms with Gasteiger partial charge in [-0.05, 0) is 54.1 Å². The molecule has 0 aliphatic carbocycles. The SMILES string of the molecule is C/C=C\C=C(/C)C#Cc1c2c3ccccc3n(Cc3ccccc3)c2c(C#Cc2cccs2)c2c3ccccc3n(Cc3ccccc3)c12. The highest BCUT2D eigenvalue weighted by molar-refractivity contribution is 7.10. The average molecular weight is 647 g/mol. The van der Waals surface area contributed by atoms with Crippen LogP contribution in [-0.2, 0) is 13.1 Å². The van der Waals surface area contributed by atoms with Gasteiger partial charge in [0, 0.05) is 45.7 Å². The predicted molar refractivity (Wildman–Crippen MR) is 209 cm³/mol. The Labute approximate surface area is 291 Å². The van der Waals surface area contributed by atoms with Crippen LogP contribution in [0, 0.1) is 23.7 Å². The molecule has 8 rings (SSSR count). The summed E-state index contributed by atoms with van der Waals surface area (Å²) >= 11 is 1.68. The molecule has 0 unspecified atom stereocenters. The molecule has 3 heteroatoms. The van der Waals surface area contributed by atoms with Gasteiger partial charge >= 0.3 is 0 Å². The van der Waals surface area contributed by atoms with Gasteiger partial charge in [-0.15, -0.1) is 11.3 Å². The number of fused-ring (bicyclic) bond motifs is 6. The highest BCUT2D eigenvalue weighted by Crippen LogP contribution is 2.43. The summed E-state index contributed by atoms with van der Waals surface area (Å²) in [6, 6.07) is 43.2. The molecule has 0 N–H and O–H groups in total. The first-order chi connectivity index (χ1) is 24.2. The monoisotopic (exact) mass is 646 g/mol. The zero-order valence-electron chi connectivity index (χ0n) is 27.6. The van der Waals surface area contributed by atoms with Gasteiger partial charge in [-0.3, -0.25) is 0 Å². The van der Waals surface area contributed by atoms with Crippen molar-refractivity contribution >= 4 is 54.9 Å². The number of hydrogen-bond acceptors (Lipinski definition) is 1. The maximum absolute atomic E-state index is 3.77. The van der Waals surface area contributed by atoms with E-state index in [0.717, 1.165) is 56.5 Å². The van der Waals surface area contributed by atoms with Crippen LogP contribution in [0.4, 0.5) is 0 Å². The Morgan fingerprint density at radius 2 is 1.14 bits per heavy atom. The van der Waals surface area contributed by atoms with Crippen molar-refractivity contribution in [2.24, 2.45) is 0 Å². The quantitative estimate of drug-likeness (QED) is 0.130. The Hall–Kier alpha value is -6.00. The van der Waals surface area contributed by atoms with E-state index in [1.54, 1.807) is 11.3 Å². The molecular weight excluding hydrogens is 613 g/mol. The van der Waals surface area contributed by atoms with Crippen LogP contribution in [0.25, 0.3) is 43.6 Å². The Kier molecular flexibility index (Phi) is 8.20. The third kappa shape index (κ3) is 5.66. The summed E-state index contributed by atoms with van der Waals surface area (Å²) in [5.41, 5.74) is 10.2. The summed E-state index contributed by atoms with van der Waals surface area (Å²) in [4.78, 5) is 1.05. The van der Waals surface area contributed by atoms with Crippen LogP contribution in [0.5, 0.6) is 0 Å². The van der Waals surface area contributed by atoms with Crippen molar-refractivity contribution in [3.05, 3.63) is 178 Å². The normalized spacial score (nSPS) is 11.8. The standard InChI is InChI=1S/C46H34N2S/c1-3-4-16-33(2)26-28-39-43-37-22-11-13-24-41(37)48(32-35-19-9-6-10-20-35)46(43)40(29-27-36-21-15-30-49-36)44-38-23-12-14-25-42(38)47(45(39)44)31-34-17-7-5-8-18-34/h3-25,30H,31-32H2,1-2H3/b4-3-,33-16+. The number of hydrogen-bond donors (Lipinski definition) is 0. The first-order valence-electron chi connectivity index (χ1n) is 16.6. The predicted octanol–water partition coefficient (Wildman–Crippen LogP) is 11.3. The van der Waals surface area contributed by atoms with Crippen molar-refractivity contribution in [2.75, 3.05) is 0 Å². The minimum atomic E-state index is 0.721. The number of benzene rings is 5. The largest absolute Gasteiger partial charge is 0.335 e. The van der Waals surface area contributed by atoms with Crippen molar-refractivity contribution in [3.8, 4) is 23.7 Å². The van der Waals surface area contributed by atoms with Gasteiger partial charge in [-0.2, -0.15) is 0 Å². The highest BCUT2D eigenvalue weighted by atomic mass is 32.1. The molecule has 0 saturated carbocycles. The number of nitrogens with zero attached hydrogens (tertiary/aromatic N) is 2. The molecule has 5 aromatic carbocycles. The molecule has 49 heavy (non-hydrogen) atoms. The van der Waals surface area contributed by atoms with E-state index in [4.69, 9.17) is 0 Å². The van der Waals surface area contributed by atoms with Crippen molar-refractivity contribution < 1.29 is 0 Å². The molecule has 0 radical (unpaired) electrons. The molecule has 0 bridgehead atoms. The van der Waals surface area contributed by atoms with Gasteiger partial charge in [-0.1, -0.05) is 145 Å². The molecule has 234 valence electrons. The number of allylic oxidation sites excluding steroid dienone is 4. The molecular formula is C46H34N2S. The van der Waals surface area contributed by atoms with Crippen LogP contribution in [0.15, 0.2) is 151 Å². The van der Waals surface area contributed by atoms with E-state index in [1.165, 1.54) is 32.9 Å².